The number of benzene rings is 1. The van der Waals surface area contributed by atoms with Crippen LogP contribution in [0.2, 0.25) is 0 Å². The second kappa shape index (κ2) is 8.35. The summed E-state index contributed by atoms with van der Waals surface area (Å²) in [6, 6.07) is 13.8. The number of amides is 1. The van der Waals surface area contributed by atoms with Crippen LogP contribution in [-0.2, 0) is 6.42 Å². The van der Waals surface area contributed by atoms with Crippen molar-refractivity contribution in [2.24, 2.45) is 0 Å². The molecule has 0 saturated carbocycles. The van der Waals surface area contributed by atoms with Gasteiger partial charge in [0.25, 0.3) is 5.91 Å². The molecule has 0 spiro atoms. The molecule has 3 aromatic rings. The molecule has 140 valence electrons. The van der Waals surface area contributed by atoms with Gasteiger partial charge in [-0.2, -0.15) is 0 Å². The molecule has 2 aromatic heterocycles. The summed E-state index contributed by atoms with van der Waals surface area (Å²) in [5, 5.41) is 13.3. The van der Waals surface area contributed by atoms with Crippen LogP contribution in [0.25, 0.3) is 5.13 Å². The number of anilines is 1. The summed E-state index contributed by atoms with van der Waals surface area (Å²) in [6.45, 7) is 2.67. The van der Waals surface area contributed by atoms with E-state index in [2.05, 4.69) is 32.5 Å². The lowest BCUT2D eigenvalue weighted by Crippen LogP contribution is -2.29. The molecule has 1 aliphatic rings. The Balaban J connectivity index is 1.41. The van der Waals surface area contributed by atoms with Crippen molar-refractivity contribution in [1.29, 1.82) is 0 Å². The van der Waals surface area contributed by atoms with Crippen molar-refractivity contribution in [2.45, 2.75) is 25.7 Å². The number of aromatic nitrogens is 3. The van der Waals surface area contributed by atoms with E-state index in [0.29, 0.717) is 12.2 Å². The van der Waals surface area contributed by atoms with Crippen molar-refractivity contribution >= 4 is 22.4 Å². The smallest absolute Gasteiger partial charge is 0.268 e. The Hall–Kier alpha value is -2.67. The van der Waals surface area contributed by atoms with Crippen molar-refractivity contribution in [3.05, 3.63) is 59.9 Å². The summed E-state index contributed by atoms with van der Waals surface area (Å²) in [6.07, 6.45) is 6.37. The fraction of sp³-hybridized carbons (Fsp3) is 0.350. The molecule has 7 heteroatoms. The Morgan fingerprint density at radius 1 is 1.00 bits per heavy atom. The third-order valence-electron chi connectivity index (χ3n) is 4.76. The van der Waals surface area contributed by atoms with Gasteiger partial charge < -0.3 is 10.2 Å². The van der Waals surface area contributed by atoms with Crippen molar-refractivity contribution < 1.29 is 4.79 Å². The summed E-state index contributed by atoms with van der Waals surface area (Å²) in [4.78, 5) is 14.9. The second-order valence-electron chi connectivity index (χ2n) is 6.67. The van der Waals surface area contributed by atoms with Gasteiger partial charge in [0.15, 0.2) is 0 Å². The lowest BCUT2D eigenvalue weighted by atomic mass is 10.1. The van der Waals surface area contributed by atoms with E-state index < -0.39 is 0 Å². The summed E-state index contributed by atoms with van der Waals surface area (Å²) in [5.41, 5.74) is 1.80. The molecule has 3 heterocycles. The number of carbonyl (C=O) groups excluding carboxylic acids is 1. The maximum Gasteiger partial charge on any atom is 0.268 e. The molecule has 1 amide bonds. The molecule has 1 fully saturated rings. The lowest BCUT2D eigenvalue weighted by molar-refractivity contribution is 0.0947. The average Bonchev–Trinajstić information content (AvgIpc) is 3.39. The molecule has 1 N–H and O–H groups in total. The number of nitrogens with zero attached hydrogens (tertiary/aromatic N) is 4. The summed E-state index contributed by atoms with van der Waals surface area (Å²) in [5.74, 6) is -0.0920. The van der Waals surface area contributed by atoms with Crippen molar-refractivity contribution in [3.8, 4) is 5.13 Å². The predicted molar refractivity (Wildman–Crippen MR) is 108 cm³/mol. The van der Waals surface area contributed by atoms with Gasteiger partial charge in [0.2, 0.25) is 10.3 Å². The largest absolute Gasteiger partial charge is 0.350 e. The zero-order valence-corrected chi connectivity index (χ0v) is 16.0. The maximum atomic E-state index is 12.6. The number of carbonyl (C=O) groups is 1. The summed E-state index contributed by atoms with van der Waals surface area (Å²) in [7, 11) is 0. The third-order valence-corrected chi connectivity index (χ3v) is 5.74. The molecule has 1 aromatic carbocycles. The molecule has 27 heavy (non-hydrogen) atoms. The zero-order valence-electron chi connectivity index (χ0n) is 15.2. The maximum absolute atomic E-state index is 12.6. The fourth-order valence-corrected chi connectivity index (χ4v) is 4.20. The topological polar surface area (TPSA) is 63.1 Å². The van der Waals surface area contributed by atoms with E-state index in [4.69, 9.17) is 0 Å². The van der Waals surface area contributed by atoms with Crippen LogP contribution in [-0.4, -0.2) is 40.3 Å². The van der Waals surface area contributed by atoms with Crippen LogP contribution >= 0.6 is 11.3 Å². The minimum absolute atomic E-state index is 0.0920. The molecule has 0 bridgehead atoms. The van der Waals surface area contributed by atoms with E-state index >= 15 is 0 Å². The SMILES string of the molecule is O=C(NCCc1ccccc1)c1cccn1-c1nnc(N2CCCCC2)s1. The molecular formula is C20H23N5OS. The Labute approximate surface area is 162 Å². The molecule has 1 saturated heterocycles. The first kappa shape index (κ1) is 17.7. The molecule has 6 nitrogen and oxygen atoms in total. The van der Waals surface area contributed by atoms with E-state index in [1.165, 1.54) is 36.2 Å². The quantitative estimate of drug-likeness (QED) is 0.712. The first-order valence-corrected chi connectivity index (χ1v) is 10.2. The van der Waals surface area contributed by atoms with Gasteiger partial charge >= 0.3 is 0 Å². The molecule has 1 aliphatic heterocycles. The first-order valence-electron chi connectivity index (χ1n) is 9.39. The Morgan fingerprint density at radius 2 is 1.78 bits per heavy atom. The number of rotatable bonds is 6. The van der Waals surface area contributed by atoms with Crippen LogP contribution in [0.4, 0.5) is 5.13 Å². The molecular weight excluding hydrogens is 358 g/mol. The molecule has 0 radical (unpaired) electrons. The van der Waals surface area contributed by atoms with Crippen molar-refractivity contribution in [1.82, 2.24) is 20.1 Å². The van der Waals surface area contributed by atoms with Crippen LogP contribution in [0.3, 0.4) is 0 Å². The van der Waals surface area contributed by atoms with Gasteiger partial charge in [0.1, 0.15) is 5.69 Å². The van der Waals surface area contributed by atoms with Gasteiger partial charge in [-0.1, -0.05) is 41.7 Å². The predicted octanol–water partition coefficient (Wildman–Crippen LogP) is 3.29. The fourth-order valence-electron chi connectivity index (χ4n) is 3.31. The third kappa shape index (κ3) is 4.19. The zero-order chi connectivity index (χ0) is 18.5. The van der Waals surface area contributed by atoms with Crippen LogP contribution in [0.5, 0.6) is 0 Å². The Bertz CT molecular complexity index is 883. The Morgan fingerprint density at radius 3 is 2.59 bits per heavy atom. The molecule has 4 rings (SSSR count). The monoisotopic (exact) mass is 381 g/mol. The summed E-state index contributed by atoms with van der Waals surface area (Å²) >= 11 is 1.54. The van der Waals surface area contributed by atoms with Gasteiger partial charge in [0, 0.05) is 25.8 Å². The lowest BCUT2D eigenvalue weighted by Gasteiger charge is -2.25. The van der Waals surface area contributed by atoms with Crippen LogP contribution in [0.1, 0.15) is 35.3 Å². The Kier molecular flexibility index (Phi) is 5.48. The number of hydrogen-bond acceptors (Lipinski definition) is 5. The minimum atomic E-state index is -0.0920. The highest BCUT2D eigenvalue weighted by atomic mass is 32.1. The highest BCUT2D eigenvalue weighted by Crippen LogP contribution is 2.26. The molecule has 0 aliphatic carbocycles. The van der Waals surface area contributed by atoms with E-state index in [1.807, 2.05) is 41.1 Å². The minimum Gasteiger partial charge on any atom is -0.350 e. The molecule has 0 unspecified atom stereocenters. The van der Waals surface area contributed by atoms with E-state index in [1.54, 1.807) is 0 Å². The van der Waals surface area contributed by atoms with Gasteiger partial charge in [-0.3, -0.25) is 9.36 Å². The van der Waals surface area contributed by atoms with Crippen LogP contribution in [0.15, 0.2) is 48.7 Å². The van der Waals surface area contributed by atoms with Crippen molar-refractivity contribution in [2.75, 3.05) is 24.5 Å². The first-order chi connectivity index (χ1) is 13.3. The van der Waals surface area contributed by atoms with Crippen molar-refractivity contribution in [3.63, 3.8) is 0 Å². The highest BCUT2D eigenvalue weighted by Gasteiger charge is 2.18. The van der Waals surface area contributed by atoms with Crippen LogP contribution < -0.4 is 10.2 Å². The van der Waals surface area contributed by atoms with E-state index in [9.17, 15) is 4.79 Å². The highest BCUT2D eigenvalue weighted by molar-refractivity contribution is 7.17. The number of nitrogens with one attached hydrogen (secondary N) is 1. The standard InChI is InChI=1S/C20H23N5OS/c26-18(21-12-11-16-8-3-1-4-9-16)17-10-7-15-25(17)20-23-22-19(27-20)24-13-5-2-6-14-24/h1,3-4,7-10,15H,2,5-6,11-14H2,(H,21,26). The van der Waals surface area contributed by atoms with Gasteiger partial charge in [-0.15, -0.1) is 10.2 Å². The van der Waals surface area contributed by atoms with Gasteiger partial charge in [0.05, 0.1) is 0 Å². The van der Waals surface area contributed by atoms with E-state index in [-0.39, 0.29) is 5.91 Å². The second-order valence-corrected chi connectivity index (χ2v) is 7.60. The van der Waals surface area contributed by atoms with Gasteiger partial charge in [-0.05, 0) is 43.4 Å². The van der Waals surface area contributed by atoms with Crippen LogP contribution in [0, 0.1) is 0 Å². The number of hydrogen-bond donors (Lipinski definition) is 1. The van der Waals surface area contributed by atoms with E-state index in [0.717, 1.165) is 29.8 Å². The summed E-state index contributed by atoms with van der Waals surface area (Å²) < 4.78 is 1.82. The normalized spacial score (nSPS) is 14.3. The average molecular weight is 382 g/mol. The number of piperidine rings is 1. The molecule has 0 atom stereocenters. The van der Waals surface area contributed by atoms with Gasteiger partial charge in [-0.25, -0.2) is 0 Å².